The third-order valence-electron chi connectivity index (χ3n) is 1.50. The second-order valence-corrected chi connectivity index (χ2v) is 5.71. The standard InChI is InChI=1S/C8H12N2O4S2/c1-9-15(11)14-8-5-3-7(4-6-8)10-16(2,12)13/h3-6,9-10H,1-2H3. The Labute approximate surface area is 96.9 Å². The molecule has 0 bridgehead atoms. The predicted molar refractivity (Wildman–Crippen MR) is 62.7 cm³/mol. The summed E-state index contributed by atoms with van der Waals surface area (Å²) in [5.41, 5.74) is 0.421. The zero-order valence-electron chi connectivity index (χ0n) is 8.76. The second kappa shape index (κ2) is 5.28. The largest absolute Gasteiger partial charge is 0.389 e. The van der Waals surface area contributed by atoms with E-state index in [2.05, 4.69) is 9.44 Å². The van der Waals surface area contributed by atoms with Gasteiger partial charge in [0.1, 0.15) is 5.75 Å². The highest BCUT2D eigenvalue weighted by molar-refractivity contribution is 7.92. The van der Waals surface area contributed by atoms with Crippen LogP contribution in [0.2, 0.25) is 0 Å². The van der Waals surface area contributed by atoms with Gasteiger partial charge in [-0.2, -0.15) is 4.21 Å². The van der Waals surface area contributed by atoms with Crippen LogP contribution < -0.4 is 13.6 Å². The molecule has 8 heteroatoms. The summed E-state index contributed by atoms with van der Waals surface area (Å²) in [6, 6.07) is 6.07. The molecule has 6 nitrogen and oxygen atoms in total. The number of rotatable bonds is 5. The molecular weight excluding hydrogens is 252 g/mol. The zero-order chi connectivity index (χ0) is 12.2. The summed E-state index contributed by atoms with van der Waals surface area (Å²) in [6.07, 6.45) is 1.06. The predicted octanol–water partition coefficient (Wildman–Crippen LogP) is 0.235. The fourth-order valence-corrected chi connectivity index (χ4v) is 1.86. The maximum atomic E-state index is 11.0. The van der Waals surface area contributed by atoms with Crippen molar-refractivity contribution in [2.45, 2.75) is 0 Å². The first-order valence-electron chi connectivity index (χ1n) is 4.26. The topological polar surface area (TPSA) is 84.5 Å². The molecular formula is C8H12N2O4S2. The average molecular weight is 264 g/mol. The number of nitrogens with one attached hydrogen (secondary N) is 2. The molecule has 0 fully saturated rings. The van der Waals surface area contributed by atoms with Crippen LogP contribution in [0, 0.1) is 0 Å². The Morgan fingerprint density at radius 1 is 1.25 bits per heavy atom. The van der Waals surface area contributed by atoms with Crippen molar-refractivity contribution in [3.8, 4) is 5.75 Å². The van der Waals surface area contributed by atoms with Crippen molar-refractivity contribution in [1.29, 1.82) is 0 Å². The van der Waals surface area contributed by atoms with Crippen LogP contribution in [0.5, 0.6) is 5.75 Å². The number of benzene rings is 1. The van der Waals surface area contributed by atoms with Gasteiger partial charge in [0.15, 0.2) is 0 Å². The van der Waals surface area contributed by atoms with Gasteiger partial charge in [0.05, 0.1) is 6.26 Å². The highest BCUT2D eigenvalue weighted by atomic mass is 32.2. The lowest BCUT2D eigenvalue weighted by Crippen LogP contribution is -2.16. The monoisotopic (exact) mass is 264 g/mol. The van der Waals surface area contributed by atoms with Crippen LogP contribution in [0.3, 0.4) is 0 Å². The van der Waals surface area contributed by atoms with Crippen LogP contribution in [0.15, 0.2) is 24.3 Å². The summed E-state index contributed by atoms with van der Waals surface area (Å²) in [4.78, 5) is 0. The second-order valence-electron chi connectivity index (χ2n) is 2.92. The maximum absolute atomic E-state index is 11.0. The van der Waals surface area contributed by atoms with E-state index in [0.29, 0.717) is 11.4 Å². The summed E-state index contributed by atoms with van der Waals surface area (Å²) >= 11 is -1.59. The molecule has 0 saturated carbocycles. The molecule has 1 aromatic rings. The average Bonchev–Trinajstić information content (AvgIpc) is 2.18. The van der Waals surface area contributed by atoms with E-state index in [4.69, 9.17) is 4.18 Å². The van der Waals surface area contributed by atoms with E-state index in [1.54, 1.807) is 0 Å². The summed E-state index contributed by atoms with van der Waals surface area (Å²) < 4.78 is 42.4. The minimum absolute atomic E-state index is 0.381. The molecule has 0 spiro atoms. The van der Waals surface area contributed by atoms with Gasteiger partial charge in [-0.25, -0.2) is 13.1 Å². The summed E-state index contributed by atoms with van der Waals surface area (Å²) in [5.74, 6) is 0.381. The number of anilines is 1. The Kier molecular flexibility index (Phi) is 4.27. The SMILES string of the molecule is CNS(=O)Oc1ccc(NS(C)(=O)=O)cc1. The Morgan fingerprint density at radius 2 is 1.81 bits per heavy atom. The van der Waals surface area contributed by atoms with E-state index >= 15 is 0 Å². The normalized spacial score (nSPS) is 13.1. The lowest BCUT2D eigenvalue weighted by Gasteiger charge is -2.05. The molecule has 0 amide bonds. The Balaban J connectivity index is 2.72. The van der Waals surface area contributed by atoms with Crippen LogP contribution in [0.4, 0.5) is 5.69 Å². The van der Waals surface area contributed by atoms with E-state index in [1.807, 2.05) is 0 Å². The highest BCUT2D eigenvalue weighted by Gasteiger charge is 2.03. The van der Waals surface area contributed by atoms with E-state index in [1.165, 1.54) is 31.3 Å². The van der Waals surface area contributed by atoms with E-state index in [0.717, 1.165) is 6.26 Å². The van der Waals surface area contributed by atoms with Gasteiger partial charge in [0, 0.05) is 5.69 Å². The van der Waals surface area contributed by atoms with Crippen LogP contribution in [0.1, 0.15) is 0 Å². The quantitative estimate of drug-likeness (QED) is 0.797. The van der Waals surface area contributed by atoms with Crippen molar-refractivity contribution in [2.75, 3.05) is 18.0 Å². The Bertz CT molecular complexity index is 469. The molecule has 1 atom stereocenters. The molecule has 0 aliphatic carbocycles. The first-order valence-corrected chi connectivity index (χ1v) is 7.22. The first-order chi connectivity index (χ1) is 7.40. The van der Waals surface area contributed by atoms with Gasteiger partial charge in [-0.3, -0.25) is 4.72 Å². The van der Waals surface area contributed by atoms with Gasteiger partial charge in [-0.05, 0) is 31.3 Å². The fourth-order valence-electron chi connectivity index (χ4n) is 0.922. The van der Waals surface area contributed by atoms with Gasteiger partial charge >= 0.3 is 0 Å². The van der Waals surface area contributed by atoms with Crippen LogP contribution >= 0.6 is 0 Å². The third-order valence-corrected chi connectivity index (χ3v) is 2.78. The smallest absolute Gasteiger partial charge is 0.287 e. The van der Waals surface area contributed by atoms with Crippen LogP contribution in [-0.4, -0.2) is 25.9 Å². The number of hydrogen-bond acceptors (Lipinski definition) is 4. The lowest BCUT2D eigenvalue weighted by molar-refractivity contribution is 0.554. The van der Waals surface area contributed by atoms with Crippen molar-refractivity contribution < 1.29 is 16.8 Å². The summed E-state index contributed by atoms with van der Waals surface area (Å²) in [5, 5.41) is 0. The van der Waals surface area contributed by atoms with Crippen molar-refractivity contribution in [1.82, 2.24) is 4.72 Å². The van der Waals surface area contributed by atoms with Crippen molar-refractivity contribution >= 4 is 27.0 Å². The Morgan fingerprint density at radius 3 is 2.25 bits per heavy atom. The van der Waals surface area contributed by atoms with Gasteiger partial charge in [-0.1, -0.05) is 0 Å². The molecule has 2 N–H and O–H groups in total. The zero-order valence-corrected chi connectivity index (χ0v) is 10.4. The van der Waals surface area contributed by atoms with Gasteiger partial charge in [0.2, 0.25) is 10.0 Å². The van der Waals surface area contributed by atoms with Crippen LogP contribution in [0.25, 0.3) is 0 Å². The number of hydrogen-bond donors (Lipinski definition) is 2. The molecule has 1 aromatic carbocycles. The van der Waals surface area contributed by atoms with Gasteiger partial charge in [0.25, 0.3) is 11.3 Å². The molecule has 0 aliphatic rings. The van der Waals surface area contributed by atoms with E-state index in [-0.39, 0.29) is 0 Å². The van der Waals surface area contributed by atoms with Crippen LogP contribution in [-0.2, 0) is 21.3 Å². The van der Waals surface area contributed by atoms with Crippen molar-refractivity contribution in [3.05, 3.63) is 24.3 Å². The van der Waals surface area contributed by atoms with Crippen molar-refractivity contribution in [3.63, 3.8) is 0 Å². The van der Waals surface area contributed by atoms with Gasteiger partial charge < -0.3 is 4.18 Å². The molecule has 0 aromatic heterocycles. The minimum atomic E-state index is -3.28. The molecule has 16 heavy (non-hydrogen) atoms. The van der Waals surface area contributed by atoms with E-state index < -0.39 is 21.3 Å². The molecule has 0 aliphatic heterocycles. The molecule has 0 heterocycles. The minimum Gasteiger partial charge on any atom is -0.389 e. The van der Waals surface area contributed by atoms with Crippen molar-refractivity contribution in [2.24, 2.45) is 0 Å². The third kappa shape index (κ3) is 4.60. The lowest BCUT2D eigenvalue weighted by atomic mass is 10.3. The first kappa shape index (κ1) is 12.9. The maximum Gasteiger partial charge on any atom is 0.287 e. The molecule has 1 unspecified atom stereocenters. The molecule has 1 rings (SSSR count). The number of sulfonamides is 1. The van der Waals surface area contributed by atoms with E-state index in [9.17, 15) is 12.6 Å². The Hall–Kier alpha value is -1.12. The highest BCUT2D eigenvalue weighted by Crippen LogP contribution is 2.16. The summed E-state index contributed by atoms with van der Waals surface area (Å²) in [7, 11) is -1.79. The molecule has 0 radical (unpaired) electrons. The fraction of sp³-hybridized carbons (Fsp3) is 0.250. The van der Waals surface area contributed by atoms with Gasteiger partial charge in [-0.15, -0.1) is 0 Å². The molecule has 0 saturated heterocycles. The summed E-state index contributed by atoms with van der Waals surface area (Å²) in [6.45, 7) is 0. The molecule has 90 valence electrons.